The number of aryl methyl sites for hydroxylation is 2. The number of nitrogens with one attached hydrogen (secondary N) is 1. The molecule has 0 spiro atoms. The van der Waals surface area contributed by atoms with E-state index in [9.17, 15) is 0 Å². The number of oxazole rings is 1. The Kier molecular flexibility index (Phi) is 2.71. The van der Waals surface area contributed by atoms with Crippen LogP contribution in [0.3, 0.4) is 0 Å². The van der Waals surface area contributed by atoms with Crippen molar-refractivity contribution in [1.29, 1.82) is 0 Å². The van der Waals surface area contributed by atoms with E-state index in [4.69, 9.17) is 4.42 Å². The van der Waals surface area contributed by atoms with E-state index in [0.717, 1.165) is 34.0 Å². The van der Waals surface area contributed by atoms with E-state index in [1.54, 1.807) is 11.3 Å². The Morgan fingerprint density at radius 1 is 1.29 bits per heavy atom. The monoisotopic (exact) mass is 298 g/mol. The van der Waals surface area contributed by atoms with Gasteiger partial charge in [0.25, 0.3) is 0 Å². The normalized spacial score (nSPS) is 11.5. The minimum atomic E-state index is 0.689. The number of hydrogen-bond donors (Lipinski definition) is 1. The molecular weight excluding hydrogens is 284 g/mol. The highest BCUT2D eigenvalue weighted by molar-refractivity contribution is 7.15. The maximum Gasteiger partial charge on any atom is 0.194 e. The molecule has 106 valence electrons. The highest BCUT2D eigenvalue weighted by Crippen LogP contribution is 2.21. The minimum Gasteiger partial charge on any atom is -0.441 e. The third-order valence-electron chi connectivity index (χ3n) is 3.52. The van der Waals surface area contributed by atoms with Gasteiger partial charge in [-0.1, -0.05) is 0 Å². The number of benzene rings is 1. The van der Waals surface area contributed by atoms with Crippen LogP contribution in [0.1, 0.15) is 17.3 Å². The molecule has 0 aliphatic heterocycles. The fourth-order valence-electron chi connectivity index (χ4n) is 2.49. The van der Waals surface area contributed by atoms with Crippen LogP contribution < -0.4 is 5.32 Å². The molecule has 0 saturated carbocycles. The molecule has 1 N–H and O–H groups in total. The lowest BCUT2D eigenvalue weighted by molar-refractivity contribution is 0.561. The van der Waals surface area contributed by atoms with Gasteiger partial charge in [0.1, 0.15) is 5.52 Å². The van der Waals surface area contributed by atoms with Crippen LogP contribution >= 0.6 is 11.3 Å². The van der Waals surface area contributed by atoms with Crippen LogP contribution in [-0.2, 0) is 6.54 Å². The maximum atomic E-state index is 5.49. The van der Waals surface area contributed by atoms with Crippen LogP contribution in [-0.4, -0.2) is 14.4 Å². The summed E-state index contributed by atoms with van der Waals surface area (Å²) in [5.74, 6) is 0.689. The van der Waals surface area contributed by atoms with Gasteiger partial charge in [-0.25, -0.2) is 9.97 Å². The average Bonchev–Trinajstić information content (AvgIpc) is 3.10. The van der Waals surface area contributed by atoms with Gasteiger partial charge in [0.2, 0.25) is 0 Å². The van der Waals surface area contributed by atoms with E-state index >= 15 is 0 Å². The predicted molar refractivity (Wildman–Crippen MR) is 83.9 cm³/mol. The van der Waals surface area contributed by atoms with Crippen molar-refractivity contribution in [2.45, 2.75) is 20.4 Å². The quantitative estimate of drug-likeness (QED) is 0.625. The second-order valence-electron chi connectivity index (χ2n) is 4.97. The highest BCUT2D eigenvalue weighted by Gasteiger charge is 2.09. The molecular formula is C15H14N4OS. The molecule has 4 aromatic rings. The molecule has 0 bridgehead atoms. The molecule has 5 nitrogen and oxygen atoms in total. The van der Waals surface area contributed by atoms with Gasteiger partial charge in [0.15, 0.2) is 16.4 Å². The topological polar surface area (TPSA) is 55.4 Å². The summed E-state index contributed by atoms with van der Waals surface area (Å²) >= 11 is 1.65. The molecule has 21 heavy (non-hydrogen) atoms. The van der Waals surface area contributed by atoms with Crippen molar-refractivity contribution < 1.29 is 4.42 Å². The van der Waals surface area contributed by atoms with Crippen molar-refractivity contribution in [1.82, 2.24) is 14.4 Å². The van der Waals surface area contributed by atoms with E-state index in [1.807, 2.05) is 32.0 Å². The standard InChI is InChI=1S/C15H14N4OS/c1-9-13(19-5-6-21-15(19)17-9)8-16-11-3-4-14-12(7-11)18-10(2)20-14/h3-7,16H,8H2,1-2H3. The molecule has 0 unspecified atom stereocenters. The molecule has 0 saturated heterocycles. The smallest absolute Gasteiger partial charge is 0.194 e. The molecule has 0 atom stereocenters. The van der Waals surface area contributed by atoms with Crippen molar-refractivity contribution >= 4 is 33.1 Å². The van der Waals surface area contributed by atoms with Crippen molar-refractivity contribution in [3.8, 4) is 0 Å². The van der Waals surface area contributed by atoms with Gasteiger partial charge in [0, 0.05) is 24.2 Å². The van der Waals surface area contributed by atoms with Crippen molar-refractivity contribution in [2.24, 2.45) is 0 Å². The first-order valence-electron chi connectivity index (χ1n) is 6.73. The molecule has 0 radical (unpaired) electrons. The Morgan fingerprint density at radius 3 is 3.10 bits per heavy atom. The number of rotatable bonds is 3. The fraction of sp³-hybridized carbons (Fsp3) is 0.200. The van der Waals surface area contributed by atoms with Crippen molar-refractivity contribution in [3.63, 3.8) is 0 Å². The van der Waals surface area contributed by atoms with Gasteiger partial charge in [-0.3, -0.25) is 4.40 Å². The zero-order valence-corrected chi connectivity index (χ0v) is 12.6. The van der Waals surface area contributed by atoms with Gasteiger partial charge >= 0.3 is 0 Å². The van der Waals surface area contributed by atoms with Crippen LogP contribution in [0.25, 0.3) is 16.1 Å². The molecule has 3 heterocycles. The number of hydrogen-bond acceptors (Lipinski definition) is 5. The molecule has 0 aliphatic rings. The lowest BCUT2D eigenvalue weighted by Crippen LogP contribution is -2.03. The number of aromatic nitrogens is 3. The first kappa shape index (κ1) is 12.4. The lowest BCUT2D eigenvalue weighted by atomic mass is 10.2. The lowest BCUT2D eigenvalue weighted by Gasteiger charge is -2.06. The van der Waals surface area contributed by atoms with Gasteiger partial charge in [0.05, 0.1) is 17.9 Å². The Hall–Kier alpha value is -2.34. The number of imidazole rings is 1. The number of anilines is 1. The summed E-state index contributed by atoms with van der Waals surface area (Å²) in [5, 5.41) is 5.48. The minimum absolute atomic E-state index is 0.689. The molecule has 0 aliphatic carbocycles. The van der Waals surface area contributed by atoms with E-state index in [2.05, 4.69) is 31.3 Å². The van der Waals surface area contributed by atoms with Crippen LogP contribution in [0, 0.1) is 13.8 Å². The summed E-state index contributed by atoms with van der Waals surface area (Å²) in [6, 6.07) is 5.96. The third kappa shape index (κ3) is 2.08. The first-order chi connectivity index (χ1) is 10.2. The molecule has 0 fully saturated rings. The van der Waals surface area contributed by atoms with Crippen LogP contribution in [0.5, 0.6) is 0 Å². The molecule has 4 rings (SSSR count). The number of fused-ring (bicyclic) bond motifs is 2. The Labute approximate surface area is 125 Å². The van der Waals surface area contributed by atoms with Crippen LogP contribution in [0.2, 0.25) is 0 Å². The van der Waals surface area contributed by atoms with Crippen LogP contribution in [0.15, 0.2) is 34.2 Å². The van der Waals surface area contributed by atoms with Gasteiger partial charge in [-0.15, -0.1) is 11.3 Å². The molecule has 1 aromatic carbocycles. The number of nitrogens with zero attached hydrogens (tertiary/aromatic N) is 3. The van der Waals surface area contributed by atoms with Gasteiger partial charge in [-0.05, 0) is 25.1 Å². The predicted octanol–water partition coefficient (Wildman–Crippen LogP) is 3.77. The maximum absolute atomic E-state index is 5.49. The second kappa shape index (κ2) is 4.60. The summed E-state index contributed by atoms with van der Waals surface area (Å²) in [6.45, 7) is 4.63. The summed E-state index contributed by atoms with van der Waals surface area (Å²) in [4.78, 5) is 9.94. The molecule has 0 amide bonds. The Bertz CT molecular complexity index is 934. The van der Waals surface area contributed by atoms with Gasteiger partial charge in [-0.2, -0.15) is 0 Å². The van der Waals surface area contributed by atoms with E-state index in [0.29, 0.717) is 5.89 Å². The molecule has 6 heteroatoms. The van der Waals surface area contributed by atoms with E-state index in [1.165, 1.54) is 5.69 Å². The Balaban J connectivity index is 1.62. The average molecular weight is 298 g/mol. The number of thiazole rings is 1. The Morgan fingerprint density at radius 2 is 2.19 bits per heavy atom. The van der Waals surface area contributed by atoms with Gasteiger partial charge < -0.3 is 9.73 Å². The zero-order valence-electron chi connectivity index (χ0n) is 11.8. The fourth-order valence-corrected chi connectivity index (χ4v) is 3.27. The highest BCUT2D eigenvalue weighted by atomic mass is 32.1. The van der Waals surface area contributed by atoms with Crippen molar-refractivity contribution in [2.75, 3.05) is 5.32 Å². The largest absolute Gasteiger partial charge is 0.441 e. The van der Waals surface area contributed by atoms with Crippen LogP contribution in [0.4, 0.5) is 5.69 Å². The SMILES string of the molecule is Cc1nc2cc(NCc3c(C)nc4sccn34)ccc2o1. The second-order valence-corrected chi connectivity index (χ2v) is 5.84. The van der Waals surface area contributed by atoms with E-state index in [-0.39, 0.29) is 0 Å². The molecule has 3 aromatic heterocycles. The van der Waals surface area contributed by atoms with E-state index < -0.39 is 0 Å². The van der Waals surface area contributed by atoms with Crippen molar-refractivity contribution in [3.05, 3.63) is 47.1 Å². The third-order valence-corrected chi connectivity index (χ3v) is 4.27. The summed E-state index contributed by atoms with van der Waals surface area (Å²) < 4.78 is 7.62. The first-order valence-corrected chi connectivity index (χ1v) is 7.61. The summed E-state index contributed by atoms with van der Waals surface area (Å²) in [7, 11) is 0. The summed E-state index contributed by atoms with van der Waals surface area (Å²) in [5.41, 5.74) is 4.97. The summed E-state index contributed by atoms with van der Waals surface area (Å²) in [6.07, 6.45) is 2.06. The zero-order chi connectivity index (χ0) is 14.4.